The van der Waals surface area contributed by atoms with E-state index in [4.69, 9.17) is 9.47 Å². The molecule has 1 aliphatic rings. The lowest BCUT2D eigenvalue weighted by Crippen LogP contribution is -2.50. The third-order valence-electron chi connectivity index (χ3n) is 4.18. The molecule has 6 heteroatoms. The monoisotopic (exact) mass is 350 g/mol. The van der Waals surface area contributed by atoms with Gasteiger partial charge in [-0.15, -0.1) is 0 Å². The van der Waals surface area contributed by atoms with Gasteiger partial charge in [0.15, 0.2) is 0 Å². The molecule has 1 aromatic heterocycles. The number of piperidine rings is 1. The van der Waals surface area contributed by atoms with Crippen LogP contribution in [0.15, 0.2) is 18.3 Å². The molecule has 1 amide bonds. The van der Waals surface area contributed by atoms with Crippen LogP contribution in [0.3, 0.4) is 0 Å². The van der Waals surface area contributed by atoms with Crippen molar-refractivity contribution < 1.29 is 19.4 Å². The van der Waals surface area contributed by atoms with E-state index in [9.17, 15) is 9.90 Å². The van der Waals surface area contributed by atoms with Crippen LogP contribution in [0.25, 0.3) is 0 Å². The van der Waals surface area contributed by atoms with Crippen LogP contribution in [0.1, 0.15) is 59.9 Å². The van der Waals surface area contributed by atoms with Crippen molar-refractivity contribution in [2.75, 3.05) is 6.54 Å². The predicted octanol–water partition coefficient (Wildman–Crippen LogP) is 3.48. The third kappa shape index (κ3) is 5.33. The molecule has 0 aliphatic carbocycles. The molecule has 0 radical (unpaired) electrons. The fourth-order valence-corrected chi connectivity index (χ4v) is 2.85. The molecule has 0 spiro atoms. The van der Waals surface area contributed by atoms with Crippen molar-refractivity contribution in [3.8, 4) is 5.88 Å². The number of pyridine rings is 1. The SMILES string of the molecule is C[C@@H]1CC[C@@H](Oc2ncccc2C(C)(C)O)CN1C(=O)OC(C)(C)C. The molecular weight excluding hydrogens is 320 g/mol. The van der Waals surface area contributed by atoms with Crippen LogP contribution in [-0.4, -0.2) is 45.4 Å². The van der Waals surface area contributed by atoms with E-state index < -0.39 is 11.2 Å². The van der Waals surface area contributed by atoms with Crippen LogP contribution in [-0.2, 0) is 10.3 Å². The normalized spacial score (nSPS) is 21.8. The van der Waals surface area contributed by atoms with Gasteiger partial charge in [-0.3, -0.25) is 0 Å². The first-order valence-corrected chi connectivity index (χ1v) is 8.81. The maximum atomic E-state index is 12.4. The first kappa shape index (κ1) is 19.5. The molecule has 25 heavy (non-hydrogen) atoms. The van der Waals surface area contributed by atoms with Crippen LogP contribution in [0.5, 0.6) is 5.88 Å². The average Bonchev–Trinajstić information content (AvgIpc) is 2.47. The zero-order valence-electron chi connectivity index (χ0n) is 16.1. The number of aliphatic hydroxyl groups is 1. The molecule has 0 bridgehead atoms. The highest BCUT2D eigenvalue weighted by molar-refractivity contribution is 5.68. The molecule has 0 unspecified atom stereocenters. The number of nitrogens with zero attached hydrogens (tertiary/aromatic N) is 2. The Morgan fingerprint density at radius 2 is 1.96 bits per heavy atom. The zero-order valence-corrected chi connectivity index (χ0v) is 16.1. The summed E-state index contributed by atoms with van der Waals surface area (Å²) in [5.41, 5.74) is -0.937. The Hall–Kier alpha value is -1.82. The summed E-state index contributed by atoms with van der Waals surface area (Å²) in [5, 5.41) is 10.3. The van der Waals surface area contributed by atoms with E-state index in [-0.39, 0.29) is 18.2 Å². The molecule has 2 heterocycles. The van der Waals surface area contributed by atoms with Gasteiger partial charge in [-0.2, -0.15) is 0 Å². The predicted molar refractivity (Wildman–Crippen MR) is 95.5 cm³/mol. The van der Waals surface area contributed by atoms with Gasteiger partial charge in [-0.25, -0.2) is 9.78 Å². The molecular formula is C19H30N2O4. The quantitative estimate of drug-likeness (QED) is 0.904. The summed E-state index contributed by atoms with van der Waals surface area (Å²) in [6, 6.07) is 3.68. The highest BCUT2D eigenvalue weighted by Gasteiger charge is 2.34. The van der Waals surface area contributed by atoms with Crippen LogP contribution < -0.4 is 4.74 Å². The summed E-state index contributed by atoms with van der Waals surface area (Å²) >= 11 is 0. The minimum absolute atomic E-state index is 0.104. The summed E-state index contributed by atoms with van der Waals surface area (Å²) in [6.07, 6.45) is 2.79. The number of carbonyl (C=O) groups excluding carboxylic acids is 1. The number of carbonyl (C=O) groups is 1. The van der Waals surface area contributed by atoms with Crippen molar-refractivity contribution in [2.24, 2.45) is 0 Å². The Bertz CT molecular complexity index is 604. The smallest absolute Gasteiger partial charge is 0.410 e. The first-order valence-electron chi connectivity index (χ1n) is 8.81. The molecule has 1 aromatic rings. The Labute approximate surface area is 150 Å². The number of amides is 1. The maximum Gasteiger partial charge on any atom is 0.410 e. The highest BCUT2D eigenvalue weighted by Crippen LogP contribution is 2.30. The maximum absolute atomic E-state index is 12.4. The minimum atomic E-state index is -1.05. The highest BCUT2D eigenvalue weighted by atomic mass is 16.6. The molecule has 140 valence electrons. The largest absolute Gasteiger partial charge is 0.472 e. The van der Waals surface area contributed by atoms with E-state index in [1.807, 2.05) is 27.7 Å². The van der Waals surface area contributed by atoms with Gasteiger partial charge in [0.25, 0.3) is 0 Å². The number of rotatable bonds is 3. The number of hydrogen-bond donors (Lipinski definition) is 1. The number of hydrogen-bond acceptors (Lipinski definition) is 5. The van der Waals surface area contributed by atoms with E-state index in [1.165, 1.54) is 0 Å². The van der Waals surface area contributed by atoms with Gasteiger partial charge < -0.3 is 19.5 Å². The standard InChI is InChI=1S/C19H30N2O4/c1-13-9-10-14(12-21(13)17(22)25-18(2,3)4)24-16-15(19(5,6)23)8-7-11-20-16/h7-8,11,13-14,23H,9-10,12H2,1-6H3/t13-,14-/m1/s1. The zero-order chi connectivity index (χ0) is 18.8. The fraction of sp³-hybridized carbons (Fsp3) is 0.684. The van der Waals surface area contributed by atoms with Crippen molar-refractivity contribution in [3.63, 3.8) is 0 Å². The van der Waals surface area contributed by atoms with Gasteiger partial charge in [0.2, 0.25) is 5.88 Å². The first-order chi connectivity index (χ1) is 11.5. The van der Waals surface area contributed by atoms with Gasteiger partial charge in [0.1, 0.15) is 11.7 Å². The number of ether oxygens (including phenoxy) is 2. The molecule has 2 atom stereocenters. The Kier molecular flexibility index (Phi) is 5.62. The van der Waals surface area contributed by atoms with Crippen molar-refractivity contribution in [2.45, 2.75) is 77.7 Å². The van der Waals surface area contributed by atoms with Crippen LogP contribution in [0, 0.1) is 0 Å². The average molecular weight is 350 g/mol. The summed E-state index contributed by atoms with van der Waals surface area (Å²) in [4.78, 5) is 18.4. The van der Waals surface area contributed by atoms with E-state index in [1.54, 1.807) is 37.1 Å². The second-order valence-electron chi connectivity index (χ2n) is 8.21. The van der Waals surface area contributed by atoms with Crippen LogP contribution >= 0.6 is 0 Å². The summed E-state index contributed by atoms with van der Waals surface area (Å²) in [7, 11) is 0. The molecule has 1 fully saturated rings. The van der Waals surface area contributed by atoms with Gasteiger partial charge in [-0.1, -0.05) is 0 Å². The number of likely N-dealkylation sites (tertiary alicyclic amines) is 1. The van der Waals surface area contributed by atoms with Gasteiger partial charge in [0.05, 0.1) is 12.1 Å². The summed E-state index contributed by atoms with van der Waals surface area (Å²) in [6.45, 7) is 11.4. The van der Waals surface area contributed by atoms with Crippen molar-refractivity contribution in [1.29, 1.82) is 0 Å². The third-order valence-corrected chi connectivity index (χ3v) is 4.18. The second-order valence-corrected chi connectivity index (χ2v) is 8.21. The molecule has 0 aromatic carbocycles. The Morgan fingerprint density at radius 1 is 1.28 bits per heavy atom. The van der Waals surface area contributed by atoms with Crippen molar-refractivity contribution >= 4 is 6.09 Å². The van der Waals surface area contributed by atoms with E-state index in [0.717, 1.165) is 12.8 Å². The van der Waals surface area contributed by atoms with Gasteiger partial charge in [0, 0.05) is 17.8 Å². The molecule has 2 rings (SSSR count). The number of aromatic nitrogens is 1. The fourth-order valence-electron chi connectivity index (χ4n) is 2.85. The lowest BCUT2D eigenvalue weighted by Gasteiger charge is -2.38. The van der Waals surface area contributed by atoms with Crippen molar-refractivity contribution in [3.05, 3.63) is 23.9 Å². The van der Waals surface area contributed by atoms with Gasteiger partial charge in [-0.05, 0) is 66.5 Å². The van der Waals surface area contributed by atoms with E-state index in [2.05, 4.69) is 4.98 Å². The van der Waals surface area contributed by atoms with Crippen molar-refractivity contribution in [1.82, 2.24) is 9.88 Å². The minimum Gasteiger partial charge on any atom is -0.472 e. The van der Waals surface area contributed by atoms with Crippen LogP contribution in [0.4, 0.5) is 4.79 Å². The molecule has 1 aliphatic heterocycles. The molecule has 1 saturated heterocycles. The Morgan fingerprint density at radius 3 is 2.56 bits per heavy atom. The Balaban J connectivity index is 2.11. The van der Waals surface area contributed by atoms with Crippen LogP contribution in [0.2, 0.25) is 0 Å². The van der Waals surface area contributed by atoms with E-state index >= 15 is 0 Å². The lowest BCUT2D eigenvalue weighted by molar-refractivity contribution is -0.00732. The van der Waals surface area contributed by atoms with Gasteiger partial charge >= 0.3 is 6.09 Å². The molecule has 0 saturated carbocycles. The topological polar surface area (TPSA) is 71.9 Å². The molecule has 6 nitrogen and oxygen atoms in total. The summed E-state index contributed by atoms with van der Waals surface area (Å²) in [5.74, 6) is 0.415. The summed E-state index contributed by atoms with van der Waals surface area (Å²) < 4.78 is 11.6. The second kappa shape index (κ2) is 7.20. The lowest BCUT2D eigenvalue weighted by atomic mass is 9.99. The van der Waals surface area contributed by atoms with E-state index in [0.29, 0.717) is 18.0 Å². The molecule has 1 N–H and O–H groups in total.